The predicted octanol–water partition coefficient (Wildman–Crippen LogP) is 0.743. The summed E-state index contributed by atoms with van der Waals surface area (Å²) in [5.41, 5.74) is -0.907. The molecule has 3 atom stereocenters. The molecular formula is C10H19NO3. The van der Waals surface area contributed by atoms with Crippen molar-refractivity contribution in [2.24, 2.45) is 0 Å². The molecular weight excluding hydrogens is 182 g/mol. The lowest BCUT2D eigenvalue weighted by Crippen LogP contribution is -2.55. The number of carboxylic acids is 1. The molecule has 4 heteroatoms. The van der Waals surface area contributed by atoms with Crippen LogP contribution < -0.4 is 5.32 Å². The Kier molecular flexibility index (Phi) is 3.50. The molecule has 0 amide bonds. The van der Waals surface area contributed by atoms with Gasteiger partial charge in [-0.15, -0.1) is 0 Å². The maximum absolute atomic E-state index is 11.0. The molecule has 0 bridgehead atoms. The van der Waals surface area contributed by atoms with Gasteiger partial charge in [0.2, 0.25) is 0 Å². The van der Waals surface area contributed by atoms with E-state index in [-0.39, 0.29) is 12.1 Å². The second kappa shape index (κ2) is 4.28. The van der Waals surface area contributed by atoms with Crippen LogP contribution in [0.3, 0.4) is 0 Å². The van der Waals surface area contributed by atoms with Gasteiger partial charge >= 0.3 is 5.97 Å². The van der Waals surface area contributed by atoms with Gasteiger partial charge in [0, 0.05) is 6.04 Å². The summed E-state index contributed by atoms with van der Waals surface area (Å²) in [4.78, 5) is 11.0. The van der Waals surface area contributed by atoms with Gasteiger partial charge in [-0.1, -0.05) is 6.92 Å². The standard InChI is InChI=1S/C10H19NO3/c1-3-10(2,9(13)14)11-7-5-4-6-8(7)12/h7-8,11-12H,3-6H2,1-2H3,(H,13,14). The van der Waals surface area contributed by atoms with Crippen molar-refractivity contribution in [3.8, 4) is 0 Å². The lowest BCUT2D eigenvalue weighted by atomic mass is 9.97. The van der Waals surface area contributed by atoms with Crippen LogP contribution in [0, 0.1) is 0 Å². The third kappa shape index (κ3) is 2.25. The Labute approximate surface area is 84.3 Å². The van der Waals surface area contributed by atoms with Crippen LogP contribution in [0.25, 0.3) is 0 Å². The average molecular weight is 201 g/mol. The molecule has 0 radical (unpaired) electrons. The van der Waals surface area contributed by atoms with Crippen molar-refractivity contribution in [2.75, 3.05) is 0 Å². The molecule has 0 heterocycles. The molecule has 1 saturated carbocycles. The van der Waals surface area contributed by atoms with E-state index >= 15 is 0 Å². The first-order chi connectivity index (χ1) is 6.49. The number of carboxylic acid groups (broad SMARTS) is 1. The Bertz CT molecular complexity index is 219. The van der Waals surface area contributed by atoms with Crippen LogP contribution in [0.1, 0.15) is 39.5 Å². The quantitative estimate of drug-likeness (QED) is 0.627. The summed E-state index contributed by atoms with van der Waals surface area (Å²) in [6, 6.07) is -0.0592. The number of aliphatic carboxylic acids is 1. The van der Waals surface area contributed by atoms with Crippen LogP contribution >= 0.6 is 0 Å². The van der Waals surface area contributed by atoms with Crippen molar-refractivity contribution in [1.82, 2.24) is 5.32 Å². The van der Waals surface area contributed by atoms with E-state index in [1.807, 2.05) is 6.92 Å². The van der Waals surface area contributed by atoms with Crippen LogP contribution in [-0.4, -0.2) is 33.9 Å². The molecule has 0 saturated heterocycles. The van der Waals surface area contributed by atoms with E-state index in [1.54, 1.807) is 6.92 Å². The Balaban J connectivity index is 2.60. The molecule has 1 rings (SSSR count). The zero-order valence-electron chi connectivity index (χ0n) is 8.79. The smallest absolute Gasteiger partial charge is 0.323 e. The first kappa shape index (κ1) is 11.5. The van der Waals surface area contributed by atoms with Gasteiger partial charge in [0.05, 0.1) is 6.10 Å². The maximum atomic E-state index is 11.0. The van der Waals surface area contributed by atoms with Gasteiger partial charge in [0.15, 0.2) is 0 Å². The van der Waals surface area contributed by atoms with Gasteiger partial charge in [-0.05, 0) is 32.6 Å². The van der Waals surface area contributed by atoms with Crippen LogP contribution in [0.4, 0.5) is 0 Å². The highest BCUT2D eigenvalue weighted by atomic mass is 16.4. The molecule has 1 aliphatic carbocycles. The average Bonchev–Trinajstić information content (AvgIpc) is 2.51. The summed E-state index contributed by atoms with van der Waals surface area (Å²) in [6.07, 6.45) is 2.74. The number of hydrogen-bond acceptors (Lipinski definition) is 3. The number of nitrogens with one attached hydrogen (secondary N) is 1. The van der Waals surface area contributed by atoms with E-state index in [0.29, 0.717) is 6.42 Å². The minimum Gasteiger partial charge on any atom is -0.480 e. The summed E-state index contributed by atoms with van der Waals surface area (Å²) < 4.78 is 0. The van der Waals surface area contributed by atoms with E-state index in [9.17, 15) is 9.90 Å². The largest absolute Gasteiger partial charge is 0.480 e. The minimum atomic E-state index is -0.907. The molecule has 1 fully saturated rings. The summed E-state index contributed by atoms with van der Waals surface area (Å²) in [5.74, 6) is -0.848. The fourth-order valence-electron chi connectivity index (χ4n) is 1.83. The third-order valence-electron chi connectivity index (χ3n) is 3.16. The fraction of sp³-hybridized carbons (Fsp3) is 0.900. The molecule has 14 heavy (non-hydrogen) atoms. The molecule has 0 aromatic heterocycles. The molecule has 0 aliphatic heterocycles. The van der Waals surface area contributed by atoms with Gasteiger partial charge < -0.3 is 10.2 Å². The Hall–Kier alpha value is -0.610. The summed E-state index contributed by atoms with van der Waals surface area (Å²) in [5, 5.41) is 21.7. The molecule has 3 unspecified atom stereocenters. The van der Waals surface area contributed by atoms with Crippen LogP contribution in [-0.2, 0) is 4.79 Å². The van der Waals surface area contributed by atoms with Gasteiger partial charge in [-0.2, -0.15) is 0 Å². The van der Waals surface area contributed by atoms with Gasteiger partial charge in [0.25, 0.3) is 0 Å². The first-order valence-electron chi connectivity index (χ1n) is 5.19. The normalized spacial score (nSPS) is 31.4. The summed E-state index contributed by atoms with van der Waals surface area (Å²) in [7, 11) is 0. The number of aliphatic hydroxyl groups excluding tert-OH is 1. The predicted molar refractivity (Wildman–Crippen MR) is 53.1 cm³/mol. The zero-order valence-corrected chi connectivity index (χ0v) is 8.79. The minimum absolute atomic E-state index is 0.0592. The van der Waals surface area contributed by atoms with Crippen molar-refractivity contribution in [3.63, 3.8) is 0 Å². The Morgan fingerprint density at radius 2 is 2.21 bits per heavy atom. The van der Waals surface area contributed by atoms with Crippen molar-refractivity contribution in [1.29, 1.82) is 0 Å². The lowest BCUT2D eigenvalue weighted by Gasteiger charge is -2.30. The molecule has 82 valence electrons. The van der Waals surface area contributed by atoms with E-state index < -0.39 is 11.5 Å². The highest BCUT2D eigenvalue weighted by Gasteiger charge is 2.36. The molecule has 0 aromatic rings. The number of aliphatic hydroxyl groups is 1. The second-order valence-electron chi connectivity index (χ2n) is 4.24. The zero-order chi connectivity index (χ0) is 10.8. The first-order valence-corrected chi connectivity index (χ1v) is 5.19. The van der Waals surface area contributed by atoms with Gasteiger partial charge in [-0.3, -0.25) is 10.1 Å². The molecule has 0 spiro atoms. The van der Waals surface area contributed by atoms with Gasteiger partial charge in [-0.25, -0.2) is 0 Å². The van der Waals surface area contributed by atoms with E-state index in [0.717, 1.165) is 19.3 Å². The Morgan fingerprint density at radius 3 is 2.57 bits per heavy atom. The van der Waals surface area contributed by atoms with Crippen molar-refractivity contribution >= 4 is 5.97 Å². The van der Waals surface area contributed by atoms with Crippen LogP contribution in [0.2, 0.25) is 0 Å². The summed E-state index contributed by atoms with van der Waals surface area (Å²) in [6.45, 7) is 3.50. The fourth-order valence-corrected chi connectivity index (χ4v) is 1.83. The van der Waals surface area contributed by atoms with E-state index in [4.69, 9.17) is 5.11 Å². The highest BCUT2D eigenvalue weighted by molar-refractivity contribution is 5.78. The van der Waals surface area contributed by atoms with Crippen LogP contribution in [0.5, 0.6) is 0 Å². The maximum Gasteiger partial charge on any atom is 0.323 e. The lowest BCUT2D eigenvalue weighted by molar-refractivity contribution is -0.144. The molecule has 3 N–H and O–H groups in total. The Morgan fingerprint density at radius 1 is 1.57 bits per heavy atom. The molecule has 4 nitrogen and oxygen atoms in total. The van der Waals surface area contributed by atoms with Crippen molar-refractivity contribution in [3.05, 3.63) is 0 Å². The number of rotatable bonds is 4. The second-order valence-corrected chi connectivity index (χ2v) is 4.24. The number of hydrogen-bond donors (Lipinski definition) is 3. The molecule has 0 aromatic carbocycles. The van der Waals surface area contributed by atoms with Gasteiger partial charge in [0.1, 0.15) is 5.54 Å². The monoisotopic (exact) mass is 201 g/mol. The SMILES string of the molecule is CCC(C)(NC1CCCC1O)C(=O)O. The molecule has 1 aliphatic rings. The van der Waals surface area contributed by atoms with Crippen molar-refractivity contribution in [2.45, 2.75) is 57.2 Å². The van der Waals surface area contributed by atoms with Crippen LogP contribution in [0.15, 0.2) is 0 Å². The van der Waals surface area contributed by atoms with Crippen molar-refractivity contribution < 1.29 is 15.0 Å². The summed E-state index contributed by atoms with van der Waals surface area (Å²) >= 11 is 0. The topological polar surface area (TPSA) is 69.6 Å². The number of carbonyl (C=O) groups is 1. The van der Waals surface area contributed by atoms with E-state index in [1.165, 1.54) is 0 Å². The highest BCUT2D eigenvalue weighted by Crippen LogP contribution is 2.22. The van der Waals surface area contributed by atoms with E-state index in [2.05, 4.69) is 5.32 Å². The third-order valence-corrected chi connectivity index (χ3v) is 3.16.